The van der Waals surface area contributed by atoms with Gasteiger partial charge in [-0.2, -0.15) is 0 Å². The molecule has 0 spiro atoms. The number of piperazine rings is 1. The summed E-state index contributed by atoms with van der Waals surface area (Å²) in [5.41, 5.74) is 1.61. The molecule has 42 heavy (non-hydrogen) atoms. The van der Waals surface area contributed by atoms with Crippen LogP contribution < -0.4 is 15.0 Å². The van der Waals surface area contributed by atoms with Crippen LogP contribution >= 0.6 is 0 Å². The van der Waals surface area contributed by atoms with Crippen molar-refractivity contribution in [2.75, 3.05) is 44.7 Å². The Hall–Kier alpha value is -4.82. The Morgan fingerprint density at radius 2 is 1.83 bits per heavy atom. The highest BCUT2D eigenvalue weighted by atomic mass is 19.1. The summed E-state index contributed by atoms with van der Waals surface area (Å²) >= 11 is 0. The zero-order chi connectivity index (χ0) is 29.3. The van der Waals surface area contributed by atoms with E-state index in [1.165, 1.54) is 23.8 Å². The molecule has 2 fully saturated rings. The van der Waals surface area contributed by atoms with Crippen LogP contribution in [0.1, 0.15) is 33.6 Å². The van der Waals surface area contributed by atoms with E-state index in [0.29, 0.717) is 17.7 Å². The van der Waals surface area contributed by atoms with Crippen LogP contribution in [0.5, 0.6) is 5.75 Å². The Bertz CT molecular complexity index is 1600. The number of rotatable bonds is 6. The van der Waals surface area contributed by atoms with Gasteiger partial charge in [0.25, 0.3) is 5.91 Å². The van der Waals surface area contributed by atoms with Gasteiger partial charge in [0.15, 0.2) is 11.6 Å². The zero-order valence-corrected chi connectivity index (χ0v) is 23.1. The molecule has 0 bridgehead atoms. The highest BCUT2D eigenvalue weighted by molar-refractivity contribution is 6.08. The van der Waals surface area contributed by atoms with Gasteiger partial charge >= 0.3 is 0 Å². The molecule has 5 heterocycles. The molecule has 10 nitrogen and oxygen atoms in total. The highest BCUT2D eigenvalue weighted by Crippen LogP contribution is 2.35. The third kappa shape index (κ3) is 5.29. The molecular weight excluding hydrogens is 539 g/mol. The van der Waals surface area contributed by atoms with E-state index in [0.717, 1.165) is 31.9 Å². The smallest absolute Gasteiger partial charge is 0.257 e. The molecule has 2 aromatic heterocycles. The normalized spacial score (nSPS) is 20.3. The molecule has 3 amide bonds. The molecule has 0 saturated carbocycles. The monoisotopic (exact) mass is 568 g/mol. The van der Waals surface area contributed by atoms with E-state index in [4.69, 9.17) is 4.74 Å². The number of amides is 3. The summed E-state index contributed by atoms with van der Waals surface area (Å²) < 4.78 is 19.8. The number of ether oxygens (including phenoxy) is 1. The maximum Gasteiger partial charge on any atom is 0.257 e. The number of pyridine rings is 2. The Labute approximate surface area is 242 Å². The fourth-order valence-corrected chi connectivity index (χ4v) is 5.65. The summed E-state index contributed by atoms with van der Waals surface area (Å²) in [6.07, 6.45) is 5.07. The van der Waals surface area contributed by atoms with Crippen molar-refractivity contribution in [3.05, 3.63) is 83.2 Å². The van der Waals surface area contributed by atoms with Gasteiger partial charge in [-0.05, 0) is 35.9 Å². The van der Waals surface area contributed by atoms with Gasteiger partial charge in [-0.3, -0.25) is 34.6 Å². The van der Waals surface area contributed by atoms with Crippen molar-refractivity contribution in [2.24, 2.45) is 5.41 Å². The maximum absolute atomic E-state index is 14.8. The summed E-state index contributed by atoms with van der Waals surface area (Å²) in [6.45, 7) is 4.32. The van der Waals surface area contributed by atoms with Crippen LogP contribution in [0.15, 0.2) is 55.0 Å². The number of anilines is 1. The Kier molecular flexibility index (Phi) is 7.31. The van der Waals surface area contributed by atoms with E-state index in [1.54, 1.807) is 24.7 Å². The SMILES string of the molecule is COc1ccc2c(c1F)C(=O)N(C[C@@]1(C#Cc3ccc(CN4CCN(c5ccncc5)CC4)nc3)CC(=O)NC1=O)C2. The van der Waals surface area contributed by atoms with Crippen LogP contribution in [0.3, 0.4) is 0 Å². The average molecular weight is 569 g/mol. The van der Waals surface area contributed by atoms with Crippen LogP contribution in [-0.4, -0.2) is 77.3 Å². The molecule has 2 saturated heterocycles. The number of nitrogens with one attached hydrogen (secondary N) is 1. The number of nitrogens with zero attached hydrogens (tertiary/aromatic N) is 5. The molecule has 3 aliphatic heterocycles. The Balaban J connectivity index is 1.13. The van der Waals surface area contributed by atoms with Crippen LogP contribution in [0.25, 0.3) is 0 Å². The summed E-state index contributed by atoms with van der Waals surface area (Å²) in [5.74, 6) is 3.58. The number of methoxy groups -OCH3 is 1. The lowest BCUT2D eigenvalue weighted by Crippen LogP contribution is -2.46. The minimum Gasteiger partial charge on any atom is -0.494 e. The van der Waals surface area contributed by atoms with Crippen molar-refractivity contribution >= 4 is 23.4 Å². The van der Waals surface area contributed by atoms with Gasteiger partial charge in [0.1, 0.15) is 5.41 Å². The number of fused-ring (bicyclic) bond motifs is 1. The number of imide groups is 1. The van der Waals surface area contributed by atoms with Gasteiger partial charge in [-0.15, -0.1) is 0 Å². The first-order chi connectivity index (χ1) is 20.3. The number of halogens is 1. The number of carbonyl (C=O) groups is 3. The van der Waals surface area contributed by atoms with Crippen LogP contribution in [0.4, 0.5) is 10.1 Å². The molecule has 3 aliphatic rings. The second kappa shape index (κ2) is 11.2. The van der Waals surface area contributed by atoms with Crippen molar-refractivity contribution in [3.63, 3.8) is 0 Å². The topological polar surface area (TPSA) is 108 Å². The summed E-state index contributed by atoms with van der Waals surface area (Å²) in [5, 5.41) is 2.31. The molecule has 0 aliphatic carbocycles. The van der Waals surface area contributed by atoms with Crippen LogP contribution in [-0.2, 0) is 22.7 Å². The van der Waals surface area contributed by atoms with Gasteiger partial charge < -0.3 is 14.5 Å². The fraction of sp³-hybridized carbons (Fsp3) is 0.323. The minimum atomic E-state index is -1.46. The van der Waals surface area contributed by atoms with Gasteiger partial charge in [0.2, 0.25) is 11.8 Å². The standard InChI is InChI=1S/C31H29FN6O4/c1-42-25-5-3-22-18-38(29(40)27(22)28(25)32)20-31(16-26(39)35-30(31)41)9-6-21-2-4-23(34-17-21)19-36-12-14-37(15-13-36)24-7-10-33-11-8-24/h2-5,7-8,10-11,17H,12-16,18-20H2,1H3,(H,35,39,41)/t31-/m1/s1. The largest absolute Gasteiger partial charge is 0.494 e. The number of carbonyl (C=O) groups excluding carboxylic acids is 3. The third-order valence-corrected chi connectivity index (χ3v) is 7.94. The van der Waals surface area contributed by atoms with E-state index in [2.05, 4.69) is 36.9 Å². The third-order valence-electron chi connectivity index (χ3n) is 7.94. The lowest BCUT2D eigenvalue weighted by Gasteiger charge is -2.35. The predicted molar refractivity (Wildman–Crippen MR) is 151 cm³/mol. The molecule has 1 atom stereocenters. The van der Waals surface area contributed by atoms with Crippen LogP contribution in [0, 0.1) is 23.1 Å². The van der Waals surface area contributed by atoms with E-state index in [9.17, 15) is 18.8 Å². The van der Waals surface area contributed by atoms with Crippen molar-refractivity contribution in [2.45, 2.75) is 19.5 Å². The zero-order valence-electron chi connectivity index (χ0n) is 23.1. The molecule has 6 rings (SSSR count). The lowest BCUT2D eigenvalue weighted by molar-refractivity contribution is -0.127. The minimum absolute atomic E-state index is 0.0320. The van der Waals surface area contributed by atoms with Crippen molar-refractivity contribution in [3.8, 4) is 17.6 Å². The second-order valence-electron chi connectivity index (χ2n) is 10.7. The predicted octanol–water partition coefficient (Wildman–Crippen LogP) is 1.99. The first kappa shape index (κ1) is 27.4. The maximum atomic E-state index is 14.8. The van der Waals surface area contributed by atoms with Crippen molar-refractivity contribution in [1.82, 2.24) is 25.1 Å². The Morgan fingerprint density at radius 1 is 1.05 bits per heavy atom. The molecule has 11 heteroatoms. The number of benzene rings is 1. The van der Waals surface area contributed by atoms with Gasteiger partial charge in [-0.25, -0.2) is 4.39 Å². The van der Waals surface area contributed by atoms with Crippen molar-refractivity contribution < 1.29 is 23.5 Å². The van der Waals surface area contributed by atoms with Crippen molar-refractivity contribution in [1.29, 1.82) is 0 Å². The molecule has 214 valence electrons. The lowest BCUT2D eigenvalue weighted by atomic mass is 9.85. The fourth-order valence-electron chi connectivity index (χ4n) is 5.65. The van der Waals surface area contributed by atoms with Gasteiger partial charge in [0.05, 0.1) is 24.8 Å². The van der Waals surface area contributed by atoms with Gasteiger partial charge in [-0.1, -0.05) is 17.9 Å². The average Bonchev–Trinajstić information content (AvgIpc) is 3.47. The first-order valence-corrected chi connectivity index (χ1v) is 13.7. The summed E-state index contributed by atoms with van der Waals surface area (Å²) in [4.78, 5) is 53.0. The number of hydrogen-bond donors (Lipinski definition) is 1. The molecule has 0 radical (unpaired) electrons. The quantitative estimate of drug-likeness (QED) is 0.356. The van der Waals surface area contributed by atoms with E-state index < -0.39 is 29.0 Å². The highest BCUT2D eigenvalue weighted by Gasteiger charge is 2.49. The first-order valence-electron chi connectivity index (χ1n) is 13.7. The van der Waals surface area contributed by atoms with E-state index in [-0.39, 0.29) is 30.8 Å². The molecular formula is C31H29FN6O4. The van der Waals surface area contributed by atoms with E-state index in [1.807, 2.05) is 24.3 Å². The molecule has 0 unspecified atom stereocenters. The van der Waals surface area contributed by atoms with Gasteiger partial charge in [0, 0.05) is 75.7 Å². The summed E-state index contributed by atoms with van der Waals surface area (Å²) in [7, 11) is 1.33. The molecule has 1 N–H and O–H groups in total. The second-order valence-corrected chi connectivity index (χ2v) is 10.7. The number of hydrogen-bond acceptors (Lipinski definition) is 8. The van der Waals surface area contributed by atoms with E-state index >= 15 is 0 Å². The number of aromatic nitrogens is 2. The van der Waals surface area contributed by atoms with Crippen LogP contribution in [0.2, 0.25) is 0 Å². The molecule has 1 aromatic carbocycles. The Morgan fingerprint density at radius 3 is 2.50 bits per heavy atom. The molecule has 3 aromatic rings. The summed E-state index contributed by atoms with van der Waals surface area (Å²) in [6, 6.07) is 10.9.